The molecule has 0 amide bonds. The molecule has 128 valence electrons. The molecule has 0 spiro atoms. The van der Waals surface area contributed by atoms with Gasteiger partial charge in [-0.05, 0) is 48.5 Å². The highest BCUT2D eigenvalue weighted by Gasteiger charge is 2.19. The van der Waals surface area contributed by atoms with Crippen molar-refractivity contribution in [1.29, 1.82) is 0 Å². The van der Waals surface area contributed by atoms with Crippen LogP contribution in [0.5, 0.6) is 11.5 Å². The zero-order chi connectivity index (χ0) is 18.3. The van der Waals surface area contributed by atoms with Gasteiger partial charge in [-0.2, -0.15) is 0 Å². The Labute approximate surface area is 166 Å². The van der Waals surface area contributed by atoms with Gasteiger partial charge in [-0.3, -0.25) is 0 Å². The minimum Gasteiger partial charge on any atom is -0.507 e. The van der Waals surface area contributed by atoms with Crippen LogP contribution in [-0.4, -0.2) is 20.2 Å². The van der Waals surface area contributed by atoms with Gasteiger partial charge in [0.2, 0.25) is 0 Å². The normalized spacial score (nSPS) is 11.0. The number of aromatic nitrogens is 2. The highest BCUT2D eigenvalue weighted by Crippen LogP contribution is 2.40. The first kappa shape index (κ1) is 17.0. The molecule has 0 fully saturated rings. The van der Waals surface area contributed by atoms with Gasteiger partial charge in [-0.1, -0.05) is 44.0 Å². The molecule has 0 saturated carbocycles. The number of aromatic hydroxyl groups is 2. The third kappa shape index (κ3) is 3.06. The van der Waals surface area contributed by atoms with Gasteiger partial charge >= 0.3 is 0 Å². The standard InChI is InChI=1S/C20H12Br2N2O2/c21-11-5-7-17(25)13(9-11)19-20(14-10-12(22)6-8-18(14)26)24-16-4-2-1-3-15(16)23-19/h1-10,25-26H. The Hall–Kier alpha value is -2.44. The van der Waals surface area contributed by atoms with Crippen molar-refractivity contribution in [3.8, 4) is 34.0 Å². The van der Waals surface area contributed by atoms with Crippen molar-refractivity contribution in [2.75, 3.05) is 0 Å². The molecule has 4 aromatic rings. The van der Waals surface area contributed by atoms with E-state index in [1.807, 2.05) is 24.3 Å². The van der Waals surface area contributed by atoms with E-state index in [0.717, 1.165) is 8.95 Å². The van der Waals surface area contributed by atoms with Crippen LogP contribution in [0.15, 0.2) is 69.6 Å². The number of nitrogens with zero attached hydrogens (tertiary/aromatic N) is 2. The second-order valence-corrected chi connectivity index (χ2v) is 7.56. The molecule has 0 saturated heterocycles. The second-order valence-electron chi connectivity index (χ2n) is 5.73. The van der Waals surface area contributed by atoms with Crippen molar-refractivity contribution >= 4 is 42.9 Å². The van der Waals surface area contributed by atoms with Crippen LogP contribution in [-0.2, 0) is 0 Å². The zero-order valence-corrected chi connectivity index (χ0v) is 16.5. The Balaban J connectivity index is 2.10. The number of rotatable bonds is 2. The van der Waals surface area contributed by atoms with Crippen LogP contribution >= 0.6 is 31.9 Å². The van der Waals surface area contributed by atoms with Crippen LogP contribution in [0.4, 0.5) is 0 Å². The van der Waals surface area contributed by atoms with E-state index in [1.54, 1.807) is 36.4 Å². The maximum absolute atomic E-state index is 10.4. The van der Waals surface area contributed by atoms with Gasteiger partial charge in [0.25, 0.3) is 0 Å². The maximum Gasteiger partial charge on any atom is 0.125 e. The molecule has 4 nitrogen and oxygen atoms in total. The molecule has 0 aliphatic rings. The first-order valence-corrected chi connectivity index (χ1v) is 9.36. The van der Waals surface area contributed by atoms with Crippen molar-refractivity contribution in [1.82, 2.24) is 9.97 Å². The molecule has 0 aliphatic heterocycles. The highest BCUT2D eigenvalue weighted by atomic mass is 79.9. The van der Waals surface area contributed by atoms with E-state index in [2.05, 4.69) is 31.9 Å². The Kier molecular flexibility index (Phi) is 4.38. The average molecular weight is 472 g/mol. The zero-order valence-electron chi connectivity index (χ0n) is 13.3. The van der Waals surface area contributed by atoms with E-state index in [4.69, 9.17) is 9.97 Å². The quantitative estimate of drug-likeness (QED) is 0.382. The monoisotopic (exact) mass is 470 g/mol. The van der Waals surface area contributed by atoms with Gasteiger partial charge in [0.15, 0.2) is 0 Å². The highest BCUT2D eigenvalue weighted by molar-refractivity contribution is 9.10. The molecule has 1 heterocycles. The van der Waals surface area contributed by atoms with Gasteiger partial charge in [0.05, 0.1) is 11.0 Å². The van der Waals surface area contributed by atoms with E-state index in [1.165, 1.54) is 0 Å². The van der Waals surface area contributed by atoms with Crippen LogP contribution in [0.2, 0.25) is 0 Å². The van der Waals surface area contributed by atoms with Crippen LogP contribution in [0.3, 0.4) is 0 Å². The molecule has 1 aromatic heterocycles. The minimum absolute atomic E-state index is 0.0912. The predicted octanol–water partition coefficient (Wildman–Crippen LogP) is 5.90. The third-order valence-corrected chi connectivity index (χ3v) is 4.98. The van der Waals surface area contributed by atoms with E-state index in [9.17, 15) is 10.2 Å². The summed E-state index contributed by atoms with van der Waals surface area (Å²) in [6, 6.07) is 17.8. The average Bonchev–Trinajstić information content (AvgIpc) is 2.64. The lowest BCUT2D eigenvalue weighted by Gasteiger charge is -2.13. The van der Waals surface area contributed by atoms with Crippen molar-refractivity contribution in [2.24, 2.45) is 0 Å². The summed E-state index contributed by atoms with van der Waals surface area (Å²) in [5.74, 6) is 0.182. The smallest absolute Gasteiger partial charge is 0.125 e. The largest absolute Gasteiger partial charge is 0.507 e. The summed E-state index contributed by atoms with van der Waals surface area (Å²) in [4.78, 5) is 9.45. The van der Waals surface area contributed by atoms with E-state index < -0.39 is 0 Å². The molecular weight excluding hydrogens is 460 g/mol. The summed E-state index contributed by atoms with van der Waals surface area (Å²) in [6.07, 6.45) is 0. The Morgan fingerprint density at radius 2 is 1.04 bits per heavy atom. The molecule has 4 rings (SSSR count). The molecule has 0 bridgehead atoms. The minimum atomic E-state index is 0.0912. The maximum atomic E-state index is 10.4. The molecule has 0 radical (unpaired) electrons. The molecular formula is C20H12Br2N2O2. The summed E-state index contributed by atoms with van der Waals surface area (Å²) in [6.45, 7) is 0. The van der Waals surface area contributed by atoms with Crippen LogP contribution < -0.4 is 0 Å². The Morgan fingerprint density at radius 3 is 1.46 bits per heavy atom. The predicted molar refractivity (Wildman–Crippen MR) is 109 cm³/mol. The van der Waals surface area contributed by atoms with Gasteiger partial charge in [-0.25, -0.2) is 9.97 Å². The van der Waals surface area contributed by atoms with Crippen LogP contribution in [0.25, 0.3) is 33.5 Å². The fourth-order valence-electron chi connectivity index (χ4n) is 2.77. The van der Waals surface area contributed by atoms with Gasteiger partial charge in [0, 0.05) is 20.1 Å². The number of halogens is 2. The molecule has 0 atom stereocenters. The first-order valence-electron chi connectivity index (χ1n) is 7.77. The van der Waals surface area contributed by atoms with Gasteiger partial charge in [0.1, 0.15) is 22.9 Å². The third-order valence-electron chi connectivity index (χ3n) is 4.00. The number of para-hydroxylation sites is 2. The first-order chi connectivity index (χ1) is 12.5. The van der Waals surface area contributed by atoms with E-state index >= 15 is 0 Å². The van der Waals surface area contributed by atoms with Gasteiger partial charge < -0.3 is 10.2 Å². The molecule has 6 heteroatoms. The second kappa shape index (κ2) is 6.70. The number of fused-ring (bicyclic) bond motifs is 1. The summed E-state index contributed by atoms with van der Waals surface area (Å²) in [5.41, 5.74) is 3.48. The summed E-state index contributed by atoms with van der Waals surface area (Å²) >= 11 is 6.87. The SMILES string of the molecule is Oc1ccc(Br)cc1-c1nc2ccccc2nc1-c1cc(Br)ccc1O. The molecule has 0 aliphatic carbocycles. The summed E-state index contributed by atoms with van der Waals surface area (Å²) in [5, 5.41) is 20.8. The molecule has 3 aromatic carbocycles. The lowest BCUT2D eigenvalue weighted by atomic mass is 10.0. The summed E-state index contributed by atoms with van der Waals surface area (Å²) < 4.78 is 1.62. The van der Waals surface area contributed by atoms with Crippen LogP contribution in [0.1, 0.15) is 0 Å². The van der Waals surface area contributed by atoms with E-state index in [0.29, 0.717) is 33.5 Å². The number of hydrogen-bond acceptors (Lipinski definition) is 4. The van der Waals surface area contributed by atoms with Crippen molar-refractivity contribution in [3.05, 3.63) is 69.6 Å². The van der Waals surface area contributed by atoms with Gasteiger partial charge in [-0.15, -0.1) is 0 Å². The van der Waals surface area contributed by atoms with Crippen molar-refractivity contribution in [2.45, 2.75) is 0 Å². The fraction of sp³-hybridized carbons (Fsp3) is 0. The van der Waals surface area contributed by atoms with Crippen LogP contribution in [0, 0.1) is 0 Å². The fourth-order valence-corrected chi connectivity index (χ4v) is 3.49. The molecule has 0 unspecified atom stereocenters. The van der Waals surface area contributed by atoms with E-state index in [-0.39, 0.29) is 11.5 Å². The Bertz CT molecular complexity index is 1060. The van der Waals surface area contributed by atoms with Crippen molar-refractivity contribution < 1.29 is 10.2 Å². The number of phenols is 2. The Morgan fingerprint density at radius 1 is 0.615 bits per heavy atom. The molecule has 2 N–H and O–H groups in total. The summed E-state index contributed by atoms with van der Waals surface area (Å²) in [7, 11) is 0. The lowest BCUT2D eigenvalue weighted by Crippen LogP contribution is -1.96. The number of benzene rings is 3. The number of hydrogen-bond donors (Lipinski definition) is 2. The lowest BCUT2D eigenvalue weighted by molar-refractivity contribution is 0.475. The van der Waals surface area contributed by atoms with Crippen molar-refractivity contribution in [3.63, 3.8) is 0 Å². The molecule has 26 heavy (non-hydrogen) atoms. The topological polar surface area (TPSA) is 66.2 Å². The number of phenolic OH excluding ortho intramolecular Hbond substituents is 2.